The maximum atomic E-state index is 0. The third-order valence-electron chi connectivity index (χ3n) is 0. The summed E-state index contributed by atoms with van der Waals surface area (Å²) in [4.78, 5) is 0. The van der Waals surface area contributed by atoms with E-state index in [1.54, 1.807) is 0 Å². The van der Waals surface area contributed by atoms with Gasteiger partial charge in [0.1, 0.15) is 0 Å². The summed E-state index contributed by atoms with van der Waals surface area (Å²) in [5.74, 6) is 0. The monoisotopic (exact) mass is 354 g/mol. The predicted molar refractivity (Wildman–Crippen MR) is 12.2 cm³/mol. The van der Waals surface area contributed by atoms with Crippen molar-refractivity contribution in [1.29, 1.82) is 0 Å². The van der Waals surface area contributed by atoms with Crippen LogP contribution < -0.4 is 0 Å². The van der Waals surface area contributed by atoms with Gasteiger partial charge in [0, 0.05) is 70.0 Å². The molecule has 2 radical (unpaired) electrons. The van der Waals surface area contributed by atoms with Crippen molar-refractivity contribution in [3.8, 4) is 0 Å². The van der Waals surface area contributed by atoms with Crippen LogP contribution in [0.1, 0.15) is 0 Å². The summed E-state index contributed by atoms with van der Waals surface area (Å²) >= 11 is 0. The second-order valence-electron chi connectivity index (χ2n) is 0. The average molecular weight is 353 g/mol. The molecule has 0 saturated heterocycles. The summed E-state index contributed by atoms with van der Waals surface area (Å²) in [6.45, 7) is 0. The molecule has 0 amide bonds. The molecule has 2 N–H and O–H groups in total. The van der Waals surface area contributed by atoms with Crippen LogP contribution in [-0.2, 0) is 34.4 Å². The van der Waals surface area contributed by atoms with Crippen molar-refractivity contribution in [2.75, 3.05) is 0 Å². The van der Waals surface area contributed by atoms with Crippen molar-refractivity contribution in [3.63, 3.8) is 0 Å². The van der Waals surface area contributed by atoms with Gasteiger partial charge < -0.3 is 5.48 Å². The van der Waals surface area contributed by atoms with Crippen molar-refractivity contribution < 1.29 is 75.5 Å². The zero-order valence-corrected chi connectivity index (χ0v) is 7.94. The molecule has 0 aromatic heterocycles. The molecule has 5 heteroatoms. The minimum atomic E-state index is 0. The molecule has 0 saturated carbocycles. The third-order valence-corrected chi connectivity index (χ3v) is 0. The van der Waals surface area contributed by atoms with Gasteiger partial charge in [-0.1, -0.05) is 0 Å². The molecule has 0 aromatic rings. The molecule has 0 bridgehead atoms. The van der Waals surface area contributed by atoms with E-state index in [0.29, 0.717) is 0 Å². The summed E-state index contributed by atoms with van der Waals surface area (Å²) in [6.07, 6.45) is 0. The summed E-state index contributed by atoms with van der Waals surface area (Å²) in [7, 11) is 0. The van der Waals surface area contributed by atoms with Crippen LogP contribution in [0.4, 0.5) is 0 Å². The normalized spacial score (nSPS) is 0. The molecule has 0 atom stereocenters. The summed E-state index contributed by atoms with van der Waals surface area (Å²) in [6, 6.07) is 0. The van der Waals surface area contributed by atoms with E-state index in [1.165, 1.54) is 0 Å². The first-order valence-electron chi connectivity index (χ1n) is 0. The predicted octanol–water partition coefficient (Wildman–Crippen LogP) is -1.75. The van der Waals surface area contributed by atoms with E-state index in [1.807, 2.05) is 0 Å². The Hall–Kier alpha value is 3.69. The fraction of sp³-hybridized carbons (Fsp3) is 0. The van der Waals surface area contributed by atoms with E-state index in [-0.39, 0.29) is 121 Å². The summed E-state index contributed by atoms with van der Waals surface area (Å²) in [5.41, 5.74) is 0. The molecule has 1 nitrogen and oxygen atoms in total. The van der Waals surface area contributed by atoms with Crippen LogP contribution in [0.5, 0.6) is 0 Å². The molecule has 0 aliphatic carbocycles. The molecule has 0 heterocycles. The Balaban J connectivity index is 0. The fourth-order valence-electron chi connectivity index (χ4n) is 0. The van der Waals surface area contributed by atoms with Gasteiger partial charge in [0.2, 0.25) is 0 Å². The molecular formula is H4CrLaMnOSr. The summed E-state index contributed by atoms with van der Waals surface area (Å²) in [5, 5.41) is 0. The van der Waals surface area contributed by atoms with E-state index in [4.69, 9.17) is 0 Å². The average Bonchev–Trinajstić information content (AvgIpc) is 0. The minimum absolute atomic E-state index is 0. The first-order valence-corrected chi connectivity index (χ1v) is 0. The molecule has 0 fully saturated rings. The van der Waals surface area contributed by atoms with Gasteiger partial charge >= 0.3 is 45.5 Å². The number of hydrogen-bond acceptors (Lipinski definition) is 0. The van der Waals surface area contributed by atoms with Crippen LogP contribution in [0, 0.1) is 35.6 Å². The first kappa shape index (κ1) is 37.8. The van der Waals surface area contributed by atoms with Crippen LogP contribution in [0.2, 0.25) is 0 Å². The Kier molecular flexibility index (Phi) is 191. The zero-order valence-electron chi connectivity index (χ0n) is 1.86. The van der Waals surface area contributed by atoms with E-state index in [9.17, 15) is 0 Å². The first-order chi connectivity index (χ1) is 0. The SMILES string of the molecule is O.[Cr].[La].[Mn].[SrH2]. The standard InChI is InChI=1S/Cr.La.Mn.H2O.Sr.2H/h;;;1H2;;;. The quantitative estimate of drug-likeness (QED) is 0.463. The molecule has 0 spiro atoms. The summed E-state index contributed by atoms with van der Waals surface area (Å²) < 4.78 is 0. The van der Waals surface area contributed by atoms with E-state index in [2.05, 4.69) is 0 Å². The Morgan fingerprint density at radius 1 is 1.00 bits per heavy atom. The Bertz CT molecular complexity index is 11.6. The second-order valence-corrected chi connectivity index (χ2v) is 0. The van der Waals surface area contributed by atoms with Crippen LogP contribution in [0.25, 0.3) is 0 Å². The topological polar surface area (TPSA) is 31.5 Å². The Morgan fingerprint density at radius 2 is 1.00 bits per heavy atom. The van der Waals surface area contributed by atoms with Gasteiger partial charge in [0.25, 0.3) is 0 Å². The maximum absolute atomic E-state index is 0. The van der Waals surface area contributed by atoms with Gasteiger partial charge in [-0.25, -0.2) is 0 Å². The molecular weight excluding hydrogens is 349 g/mol. The molecule has 0 aliphatic heterocycles. The molecule has 0 aliphatic rings. The number of hydrogen-bond donors (Lipinski definition) is 0. The van der Waals surface area contributed by atoms with Crippen LogP contribution in [0.15, 0.2) is 0 Å². The van der Waals surface area contributed by atoms with Crippen molar-refractivity contribution >= 4 is 45.5 Å². The Morgan fingerprint density at radius 3 is 1.00 bits per heavy atom. The van der Waals surface area contributed by atoms with Crippen molar-refractivity contribution in [2.45, 2.75) is 0 Å². The molecule has 0 unspecified atom stereocenters. The van der Waals surface area contributed by atoms with Gasteiger partial charge in [0.05, 0.1) is 0 Å². The van der Waals surface area contributed by atoms with Gasteiger partial charge in [-0.3, -0.25) is 0 Å². The van der Waals surface area contributed by atoms with Crippen LogP contribution in [0.3, 0.4) is 0 Å². The van der Waals surface area contributed by atoms with E-state index >= 15 is 0 Å². The molecule has 0 aromatic carbocycles. The van der Waals surface area contributed by atoms with Crippen molar-refractivity contribution in [2.24, 2.45) is 0 Å². The van der Waals surface area contributed by atoms with Gasteiger partial charge in [-0.2, -0.15) is 0 Å². The fourth-order valence-corrected chi connectivity index (χ4v) is 0. The van der Waals surface area contributed by atoms with Crippen molar-refractivity contribution in [1.82, 2.24) is 0 Å². The molecule has 5 heavy (non-hydrogen) atoms. The van der Waals surface area contributed by atoms with Crippen LogP contribution in [-0.4, -0.2) is 51.0 Å². The van der Waals surface area contributed by atoms with Gasteiger partial charge in [-0.15, -0.1) is 0 Å². The molecule has 0 rings (SSSR count). The second kappa shape index (κ2) is 25.3. The van der Waals surface area contributed by atoms with Crippen molar-refractivity contribution in [3.05, 3.63) is 0 Å². The Labute approximate surface area is 118 Å². The van der Waals surface area contributed by atoms with Crippen LogP contribution >= 0.6 is 0 Å². The third kappa shape index (κ3) is 18.3. The van der Waals surface area contributed by atoms with Gasteiger partial charge in [0.15, 0.2) is 0 Å². The van der Waals surface area contributed by atoms with Gasteiger partial charge in [-0.05, 0) is 0 Å². The number of rotatable bonds is 0. The zero-order chi connectivity index (χ0) is 0. The van der Waals surface area contributed by atoms with E-state index < -0.39 is 0 Å². The molecule has 28 valence electrons. The van der Waals surface area contributed by atoms with E-state index in [0.717, 1.165) is 0 Å².